The van der Waals surface area contributed by atoms with Crippen LogP contribution in [0.1, 0.15) is 21.5 Å². The van der Waals surface area contributed by atoms with Crippen molar-refractivity contribution >= 4 is 17.6 Å². The molecule has 0 amide bonds. The molecule has 0 saturated carbocycles. The Morgan fingerprint density at radius 3 is 2.77 bits per heavy atom. The molecule has 0 N–H and O–H groups in total. The van der Waals surface area contributed by atoms with Crippen molar-refractivity contribution in [2.24, 2.45) is 0 Å². The van der Waals surface area contributed by atoms with Crippen molar-refractivity contribution in [3.05, 3.63) is 58.1 Å². The van der Waals surface area contributed by atoms with Gasteiger partial charge in [-0.25, -0.2) is 4.79 Å². The van der Waals surface area contributed by atoms with Crippen LogP contribution in [0.5, 0.6) is 11.5 Å². The van der Waals surface area contributed by atoms with Gasteiger partial charge in [-0.05, 0) is 29.8 Å². The molecule has 1 heterocycles. The lowest BCUT2D eigenvalue weighted by Gasteiger charge is -2.07. The van der Waals surface area contributed by atoms with E-state index in [-0.39, 0.29) is 13.4 Å². The highest BCUT2D eigenvalue weighted by molar-refractivity contribution is 6.32. The minimum atomic E-state index is -0.510. The fourth-order valence-electron chi connectivity index (χ4n) is 1.99. The summed E-state index contributed by atoms with van der Waals surface area (Å²) < 4.78 is 15.6. The lowest BCUT2D eigenvalue weighted by atomic mass is 10.1. The summed E-state index contributed by atoms with van der Waals surface area (Å²) in [6, 6.07) is 11.8. The van der Waals surface area contributed by atoms with Crippen LogP contribution in [0.2, 0.25) is 5.02 Å². The molecule has 0 unspecified atom stereocenters. The molecule has 0 aromatic heterocycles. The van der Waals surface area contributed by atoms with Crippen molar-refractivity contribution < 1.29 is 19.0 Å². The summed E-state index contributed by atoms with van der Waals surface area (Å²) in [5.74, 6) is 0.354. The lowest BCUT2D eigenvalue weighted by molar-refractivity contribution is 0.0472. The normalized spacial score (nSPS) is 11.8. The van der Waals surface area contributed by atoms with Gasteiger partial charge in [0.15, 0.2) is 11.5 Å². The van der Waals surface area contributed by atoms with Crippen molar-refractivity contribution in [2.45, 2.75) is 6.61 Å². The van der Waals surface area contributed by atoms with Crippen LogP contribution >= 0.6 is 11.6 Å². The number of fused-ring (bicyclic) bond motifs is 1. The molecule has 2 aromatic rings. The highest BCUT2D eigenvalue weighted by Gasteiger charge is 2.21. The molecule has 1 aliphatic heterocycles. The number of benzene rings is 2. The van der Waals surface area contributed by atoms with Crippen molar-refractivity contribution in [1.82, 2.24) is 0 Å². The third-order valence-corrected chi connectivity index (χ3v) is 3.40. The Bertz CT molecular complexity index is 765. The van der Waals surface area contributed by atoms with Gasteiger partial charge in [0.25, 0.3) is 0 Å². The van der Waals surface area contributed by atoms with Crippen LogP contribution in [-0.2, 0) is 11.3 Å². The Hall–Kier alpha value is -2.71. The van der Waals surface area contributed by atoms with Gasteiger partial charge in [0, 0.05) is 0 Å². The smallest absolute Gasteiger partial charge is 0.338 e. The van der Waals surface area contributed by atoms with Crippen molar-refractivity contribution in [2.75, 3.05) is 6.79 Å². The Labute approximate surface area is 131 Å². The minimum Gasteiger partial charge on any atom is -0.457 e. The van der Waals surface area contributed by atoms with Gasteiger partial charge in [-0.3, -0.25) is 0 Å². The average Bonchev–Trinajstić information content (AvgIpc) is 3.02. The number of hydrogen-bond acceptors (Lipinski definition) is 5. The minimum absolute atomic E-state index is 0.0821. The topological polar surface area (TPSA) is 68.5 Å². The third kappa shape index (κ3) is 2.83. The molecule has 22 heavy (non-hydrogen) atoms. The van der Waals surface area contributed by atoms with Crippen molar-refractivity contribution in [3.63, 3.8) is 0 Å². The highest BCUT2D eigenvalue weighted by atomic mass is 35.5. The van der Waals surface area contributed by atoms with E-state index in [2.05, 4.69) is 0 Å². The molecule has 110 valence electrons. The highest BCUT2D eigenvalue weighted by Crippen LogP contribution is 2.39. The van der Waals surface area contributed by atoms with Crippen LogP contribution in [0.25, 0.3) is 0 Å². The molecule has 0 fully saturated rings. The van der Waals surface area contributed by atoms with Gasteiger partial charge < -0.3 is 14.2 Å². The van der Waals surface area contributed by atoms with E-state index in [1.165, 1.54) is 12.1 Å². The van der Waals surface area contributed by atoms with Crippen LogP contribution < -0.4 is 9.47 Å². The Kier molecular flexibility index (Phi) is 3.86. The first-order chi connectivity index (χ1) is 10.7. The summed E-state index contributed by atoms with van der Waals surface area (Å²) >= 11 is 6.03. The van der Waals surface area contributed by atoms with E-state index in [4.69, 9.17) is 31.1 Å². The van der Waals surface area contributed by atoms with Crippen LogP contribution in [0.4, 0.5) is 0 Å². The zero-order chi connectivity index (χ0) is 15.5. The van der Waals surface area contributed by atoms with E-state index >= 15 is 0 Å². The van der Waals surface area contributed by atoms with Gasteiger partial charge in [-0.15, -0.1) is 0 Å². The van der Waals surface area contributed by atoms with Crippen LogP contribution in [0, 0.1) is 11.3 Å². The molecule has 5 nitrogen and oxygen atoms in total. The summed E-state index contributed by atoms with van der Waals surface area (Å²) in [5.41, 5.74) is 1.64. The predicted molar refractivity (Wildman–Crippen MR) is 77.9 cm³/mol. The van der Waals surface area contributed by atoms with Gasteiger partial charge in [0.2, 0.25) is 6.79 Å². The van der Waals surface area contributed by atoms with E-state index in [1.54, 1.807) is 24.3 Å². The molecule has 0 bridgehead atoms. The van der Waals surface area contributed by atoms with E-state index in [1.807, 2.05) is 6.07 Å². The molecule has 1 aliphatic rings. The zero-order valence-corrected chi connectivity index (χ0v) is 12.1. The van der Waals surface area contributed by atoms with E-state index in [0.29, 0.717) is 27.6 Å². The number of esters is 1. The van der Waals surface area contributed by atoms with E-state index < -0.39 is 5.97 Å². The Morgan fingerprint density at radius 1 is 1.27 bits per heavy atom. The quantitative estimate of drug-likeness (QED) is 0.813. The Morgan fingerprint density at radius 2 is 2.05 bits per heavy atom. The van der Waals surface area contributed by atoms with Crippen LogP contribution in [0.3, 0.4) is 0 Å². The fraction of sp³-hybridized carbons (Fsp3) is 0.125. The summed E-state index contributed by atoms with van der Waals surface area (Å²) in [7, 11) is 0. The van der Waals surface area contributed by atoms with Gasteiger partial charge in [0.05, 0.1) is 22.2 Å². The van der Waals surface area contributed by atoms with Gasteiger partial charge in [-0.2, -0.15) is 5.26 Å². The molecule has 3 rings (SSSR count). The second-order valence-corrected chi connectivity index (χ2v) is 4.98. The maximum atomic E-state index is 12.1. The average molecular weight is 316 g/mol. The molecule has 0 spiro atoms. The van der Waals surface area contributed by atoms with Gasteiger partial charge in [-0.1, -0.05) is 23.7 Å². The van der Waals surface area contributed by atoms with Crippen LogP contribution in [0.15, 0.2) is 36.4 Å². The Balaban J connectivity index is 1.69. The summed E-state index contributed by atoms with van der Waals surface area (Å²) in [4.78, 5) is 12.1. The number of rotatable bonds is 3. The molecule has 0 radical (unpaired) electrons. The fourth-order valence-corrected chi connectivity index (χ4v) is 2.26. The number of carbonyl (C=O) groups excluding carboxylic acids is 1. The molecule has 2 aromatic carbocycles. The lowest BCUT2D eigenvalue weighted by Crippen LogP contribution is -2.05. The monoisotopic (exact) mass is 315 g/mol. The zero-order valence-electron chi connectivity index (χ0n) is 11.3. The van der Waals surface area contributed by atoms with Crippen molar-refractivity contribution in [3.8, 4) is 17.6 Å². The number of carbonyl (C=O) groups is 1. The van der Waals surface area contributed by atoms with E-state index in [0.717, 1.165) is 5.56 Å². The first kappa shape index (κ1) is 14.2. The molecule has 0 saturated heterocycles. The first-order valence-electron chi connectivity index (χ1n) is 6.42. The summed E-state index contributed by atoms with van der Waals surface area (Å²) in [6.07, 6.45) is 0. The molecule has 0 atom stereocenters. The van der Waals surface area contributed by atoms with Crippen LogP contribution in [-0.4, -0.2) is 12.8 Å². The van der Waals surface area contributed by atoms with E-state index in [9.17, 15) is 4.79 Å². The second-order valence-electron chi connectivity index (χ2n) is 4.58. The number of nitriles is 1. The maximum Gasteiger partial charge on any atom is 0.338 e. The SMILES string of the molecule is N#Cc1ccc(COC(=O)c2cc(Cl)c3c(c2)OCO3)cc1. The molecular weight excluding hydrogens is 306 g/mol. The molecule has 0 aliphatic carbocycles. The number of ether oxygens (including phenoxy) is 3. The standard InChI is InChI=1S/C16H10ClNO4/c17-13-5-12(6-14-15(13)22-9-21-14)16(19)20-8-11-3-1-10(7-18)2-4-11/h1-6H,8-9H2. The van der Waals surface area contributed by atoms with Gasteiger partial charge in [0.1, 0.15) is 6.61 Å². The predicted octanol–water partition coefficient (Wildman–Crippen LogP) is 3.30. The van der Waals surface area contributed by atoms with Gasteiger partial charge >= 0.3 is 5.97 Å². The number of halogens is 1. The largest absolute Gasteiger partial charge is 0.457 e. The second kappa shape index (κ2) is 5.96. The molecular formula is C16H10ClNO4. The summed E-state index contributed by atoms with van der Waals surface area (Å²) in [5, 5.41) is 9.03. The van der Waals surface area contributed by atoms with Crippen molar-refractivity contribution in [1.29, 1.82) is 5.26 Å². The number of hydrogen-bond donors (Lipinski definition) is 0. The third-order valence-electron chi connectivity index (χ3n) is 3.12. The maximum absolute atomic E-state index is 12.1. The first-order valence-corrected chi connectivity index (χ1v) is 6.80. The number of nitrogens with zero attached hydrogens (tertiary/aromatic N) is 1. The summed E-state index contributed by atoms with van der Waals surface area (Å²) in [6.45, 7) is 0.190. The molecule has 6 heteroatoms.